The molecule has 3 fully saturated rings. The van der Waals surface area contributed by atoms with Crippen LogP contribution in [0.5, 0.6) is 0 Å². The first-order valence-corrected chi connectivity index (χ1v) is 9.95. The average Bonchev–Trinajstić information content (AvgIpc) is 3.07. The van der Waals surface area contributed by atoms with Crippen LogP contribution in [0.25, 0.3) is 0 Å². The second-order valence-electron chi connectivity index (χ2n) is 9.09. The van der Waals surface area contributed by atoms with Crippen molar-refractivity contribution in [2.24, 2.45) is 22.7 Å². The highest BCUT2D eigenvalue weighted by Crippen LogP contribution is 2.61. The molecule has 5 heteroatoms. The van der Waals surface area contributed by atoms with E-state index in [4.69, 9.17) is 9.47 Å². The molecule has 4 aliphatic rings. The first-order valence-electron chi connectivity index (χ1n) is 9.95. The summed E-state index contributed by atoms with van der Waals surface area (Å²) in [6, 6.07) is 0. The summed E-state index contributed by atoms with van der Waals surface area (Å²) < 4.78 is 11.8. The summed E-state index contributed by atoms with van der Waals surface area (Å²) in [5.41, 5.74) is 0.468. The van der Waals surface area contributed by atoms with Crippen molar-refractivity contribution in [1.82, 2.24) is 0 Å². The lowest BCUT2D eigenvalue weighted by molar-refractivity contribution is -0.205. The standard InChI is InChI=1S/C21H32O5/c1-3-6-20(13-22)12-16(23)17-15(18(20)24)5-4-14-11-21(25-9-10-26-21)8-7-19(14,17)2/h3-4,15-18,22-24H,1,5-13H2,2H3/t15-,16-,17-,18-,19+,20+/m0/s1. The van der Waals surface area contributed by atoms with Crippen molar-refractivity contribution < 1.29 is 24.8 Å². The number of allylic oxidation sites excluding steroid dienone is 2. The summed E-state index contributed by atoms with van der Waals surface area (Å²) >= 11 is 0. The molecular weight excluding hydrogens is 332 g/mol. The van der Waals surface area contributed by atoms with Gasteiger partial charge in [0.1, 0.15) is 0 Å². The van der Waals surface area contributed by atoms with Crippen molar-refractivity contribution in [2.45, 2.75) is 63.4 Å². The zero-order chi connectivity index (χ0) is 18.6. The quantitative estimate of drug-likeness (QED) is 0.669. The van der Waals surface area contributed by atoms with Crippen LogP contribution in [0.2, 0.25) is 0 Å². The molecule has 1 saturated heterocycles. The molecule has 6 atom stereocenters. The van der Waals surface area contributed by atoms with E-state index in [9.17, 15) is 15.3 Å². The molecule has 4 rings (SSSR count). The molecule has 0 unspecified atom stereocenters. The van der Waals surface area contributed by atoms with E-state index in [1.54, 1.807) is 6.08 Å². The Labute approximate surface area is 155 Å². The molecular formula is C21H32O5. The molecule has 5 nitrogen and oxygen atoms in total. The van der Waals surface area contributed by atoms with Crippen molar-refractivity contribution in [2.75, 3.05) is 19.8 Å². The molecule has 0 amide bonds. The van der Waals surface area contributed by atoms with Crippen molar-refractivity contribution in [1.29, 1.82) is 0 Å². The first kappa shape index (κ1) is 18.6. The molecule has 0 bridgehead atoms. The Morgan fingerprint density at radius 1 is 1.27 bits per heavy atom. The summed E-state index contributed by atoms with van der Waals surface area (Å²) in [6.07, 6.45) is 6.94. The average molecular weight is 364 g/mol. The predicted molar refractivity (Wildman–Crippen MR) is 97.2 cm³/mol. The fourth-order valence-electron chi connectivity index (χ4n) is 6.39. The molecule has 1 spiro atoms. The Hall–Kier alpha value is -0.720. The van der Waals surface area contributed by atoms with Gasteiger partial charge < -0.3 is 24.8 Å². The second kappa shape index (κ2) is 6.42. The summed E-state index contributed by atoms with van der Waals surface area (Å²) in [5.74, 6) is -0.520. The van der Waals surface area contributed by atoms with Crippen LogP contribution in [0.4, 0.5) is 0 Å². The van der Waals surface area contributed by atoms with Gasteiger partial charge in [0, 0.05) is 18.3 Å². The van der Waals surface area contributed by atoms with Crippen LogP contribution in [-0.4, -0.2) is 53.1 Å². The van der Waals surface area contributed by atoms with Gasteiger partial charge in [-0.05, 0) is 42.9 Å². The maximum atomic E-state index is 11.2. The SMILES string of the molecule is C=CC[C@]1(CO)C[C@H](O)[C@@H]2[C@H](CC=C3CC4(CC[C@]32C)OCCO4)[C@@H]1O. The predicted octanol–water partition coefficient (Wildman–Crippen LogP) is 2.16. The third kappa shape index (κ3) is 2.55. The Balaban J connectivity index is 1.66. The van der Waals surface area contributed by atoms with Gasteiger partial charge in [-0.1, -0.05) is 24.6 Å². The lowest BCUT2D eigenvalue weighted by Crippen LogP contribution is -2.61. The molecule has 146 valence electrons. The summed E-state index contributed by atoms with van der Waals surface area (Å²) in [5, 5.41) is 32.3. The maximum absolute atomic E-state index is 11.2. The van der Waals surface area contributed by atoms with Crippen molar-refractivity contribution in [3.63, 3.8) is 0 Å². The van der Waals surface area contributed by atoms with Gasteiger partial charge >= 0.3 is 0 Å². The molecule has 26 heavy (non-hydrogen) atoms. The lowest BCUT2D eigenvalue weighted by Gasteiger charge is -2.59. The number of aliphatic hydroxyl groups is 3. The minimum Gasteiger partial charge on any atom is -0.396 e. The maximum Gasteiger partial charge on any atom is 0.172 e. The Morgan fingerprint density at radius 2 is 2.00 bits per heavy atom. The lowest BCUT2D eigenvalue weighted by atomic mass is 9.48. The van der Waals surface area contributed by atoms with Crippen LogP contribution in [0, 0.1) is 22.7 Å². The summed E-state index contributed by atoms with van der Waals surface area (Å²) in [7, 11) is 0. The van der Waals surface area contributed by atoms with Gasteiger partial charge in [-0.3, -0.25) is 0 Å². The highest BCUT2D eigenvalue weighted by Gasteiger charge is 2.60. The normalized spacial score (nSPS) is 47.2. The number of aliphatic hydroxyl groups excluding tert-OH is 3. The number of hydrogen-bond donors (Lipinski definition) is 3. The van der Waals surface area contributed by atoms with Gasteiger partial charge in [-0.25, -0.2) is 0 Å². The van der Waals surface area contributed by atoms with Gasteiger partial charge in [0.15, 0.2) is 5.79 Å². The number of hydrogen-bond acceptors (Lipinski definition) is 5. The minimum absolute atomic E-state index is 0.000688. The largest absolute Gasteiger partial charge is 0.396 e. The minimum atomic E-state index is -0.683. The molecule has 1 heterocycles. The van der Waals surface area contributed by atoms with E-state index in [2.05, 4.69) is 19.6 Å². The monoisotopic (exact) mass is 364 g/mol. The van der Waals surface area contributed by atoms with Crippen LogP contribution in [-0.2, 0) is 9.47 Å². The van der Waals surface area contributed by atoms with E-state index >= 15 is 0 Å². The zero-order valence-electron chi connectivity index (χ0n) is 15.7. The van der Waals surface area contributed by atoms with Gasteiger partial charge in [0.05, 0.1) is 32.0 Å². The fraction of sp³-hybridized carbons (Fsp3) is 0.810. The third-order valence-corrected chi connectivity index (χ3v) is 7.79. The van der Waals surface area contributed by atoms with Gasteiger partial charge in [0.25, 0.3) is 0 Å². The van der Waals surface area contributed by atoms with E-state index in [0.29, 0.717) is 26.1 Å². The Kier molecular flexibility index (Phi) is 4.60. The molecule has 2 saturated carbocycles. The van der Waals surface area contributed by atoms with E-state index in [1.165, 1.54) is 5.57 Å². The van der Waals surface area contributed by atoms with E-state index < -0.39 is 23.4 Å². The molecule has 1 aliphatic heterocycles. The molecule has 0 radical (unpaired) electrons. The second-order valence-corrected chi connectivity index (χ2v) is 9.09. The number of ether oxygens (including phenoxy) is 2. The van der Waals surface area contributed by atoms with Gasteiger partial charge in [0.2, 0.25) is 0 Å². The van der Waals surface area contributed by atoms with Crippen molar-refractivity contribution in [3.8, 4) is 0 Å². The third-order valence-electron chi connectivity index (χ3n) is 7.79. The Morgan fingerprint density at radius 3 is 2.65 bits per heavy atom. The van der Waals surface area contributed by atoms with Crippen LogP contribution in [0.3, 0.4) is 0 Å². The van der Waals surface area contributed by atoms with Crippen LogP contribution < -0.4 is 0 Å². The first-order chi connectivity index (χ1) is 12.4. The zero-order valence-corrected chi connectivity index (χ0v) is 15.7. The van der Waals surface area contributed by atoms with Crippen LogP contribution in [0.15, 0.2) is 24.3 Å². The van der Waals surface area contributed by atoms with Crippen LogP contribution in [0.1, 0.15) is 45.4 Å². The van der Waals surface area contributed by atoms with E-state index in [0.717, 1.165) is 25.7 Å². The number of fused-ring (bicyclic) bond motifs is 3. The smallest absolute Gasteiger partial charge is 0.172 e. The summed E-state index contributed by atoms with van der Waals surface area (Å²) in [6.45, 7) is 7.19. The van der Waals surface area contributed by atoms with Crippen LogP contribution >= 0.6 is 0 Å². The molecule has 0 aromatic carbocycles. The van der Waals surface area contributed by atoms with Crippen molar-refractivity contribution >= 4 is 0 Å². The summed E-state index contributed by atoms with van der Waals surface area (Å²) in [4.78, 5) is 0. The van der Waals surface area contributed by atoms with Gasteiger partial charge in [-0.2, -0.15) is 0 Å². The highest BCUT2D eigenvalue weighted by atomic mass is 16.7. The highest BCUT2D eigenvalue weighted by molar-refractivity contribution is 5.27. The Bertz CT molecular complexity index is 595. The topological polar surface area (TPSA) is 79.2 Å². The van der Waals surface area contributed by atoms with E-state index in [-0.39, 0.29) is 23.9 Å². The molecule has 0 aromatic heterocycles. The van der Waals surface area contributed by atoms with E-state index in [1.807, 2.05) is 0 Å². The molecule has 0 aromatic rings. The molecule has 3 aliphatic carbocycles. The van der Waals surface area contributed by atoms with Gasteiger partial charge in [-0.15, -0.1) is 6.58 Å². The number of rotatable bonds is 3. The molecule has 3 N–H and O–H groups in total. The fourth-order valence-corrected chi connectivity index (χ4v) is 6.39. The van der Waals surface area contributed by atoms with Crippen molar-refractivity contribution in [3.05, 3.63) is 24.3 Å².